The molecule has 3 aromatic rings. The van der Waals surface area contributed by atoms with Crippen molar-refractivity contribution >= 4 is 40.4 Å². The van der Waals surface area contributed by atoms with Crippen molar-refractivity contribution in [2.75, 3.05) is 26.5 Å². The summed E-state index contributed by atoms with van der Waals surface area (Å²) in [6, 6.07) is 9.74. The molecule has 4 rings (SSSR count). The number of carbonyl (C=O) groups is 1. The van der Waals surface area contributed by atoms with Crippen LogP contribution in [0.25, 0.3) is 10.9 Å². The van der Waals surface area contributed by atoms with Crippen molar-refractivity contribution in [3.8, 4) is 0 Å². The summed E-state index contributed by atoms with van der Waals surface area (Å²) in [5.74, 6) is 0.476. The number of hydrogen-bond donors (Lipinski definition) is 1. The Bertz CT molecular complexity index is 1200. The smallest absolute Gasteiger partial charge is 0.249 e. The first-order chi connectivity index (χ1) is 15.2. The molecule has 1 unspecified atom stereocenters. The number of benzene rings is 1. The minimum Gasteiger partial charge on any atom is -0.384 e. The summed E-state index contributed by atoms with van der Waals surface area (Å²) in [6.07, 6.45) is 3.92. The molecular formula is C24H27ClN6O. The molecule has 0 bridgehead atoms. The number of nitrogens with two attached hydrogens (primary N) is 1. The highest BCUT2D eigenvalue weighted by Crippen LogP contribution is 2.28. The summed E-state index contributed by atoms with van der Waals surface area (Å²) >= 11 is 6.13. The molecule has 1 aliphatic rings. The molecule has 1 atom stereocenters. The van der Waals surface area contributed by atoms with Crippen LogP contribution in [0.1, 0.15) is 22.4 Å². The average molecular weight is 451 g/mol. The summed E-state index contributed by atoms with van der Waals surface area (Å²) in [6.45, 7) is 4.84. The second-order valence-electron chi connectivity index (χ2n) is 8.52. The first-order valence-electron chi connectivity index (χ1n) is 10.4. The van der Waals surface area contributed by atoms with E-state index in [1.54, 1.807) is 17.3 Å². The Morgan fingerprint density at radius 2 is 2.06 bits per heavy atom. The van der Waals surface area contributed by atoms with Crippen LogP contribution in [0.4, 0.5) is 5.82 Å². The molecule has 0 aliphatic carbocycles. The van der Waals surface area contributed by atoms with Crippen molar-refractivity contribution in [3.63, 3.8) is 0 Å². The number of aryl methyl sites for hydroxylation is 2. The van der Waals surface area contributed by atoms with Gasteiger partial charge in [-0.1, -0.05) is 17.7 Å². The Labute approximate surface area is 192 Å². The van der Waals surface area contributed by atoms with E-state index >= 15 is 0 Å². The van der Waals surface area contributed by atoms with Crippen molar-refractivity contribution in [1.29, 1.82) is 0 Å². The summed E-state index contributed by atoms with van der Waals surface area (Å²) in [7, 11) is 3.75. The number of nitrogens with zero attached hydrogens (tertiary/aromatic N) is 5. The maximum atomic E-state index is 13.8. The summed E-state index contributed by atoms with van der Waals surface area (Å²) in [5, 5.41) is 1.53. The zero-order valence-corrected chi connectivity index (χ0v) is 19.5. The number of aromatic nitrogens is 2. The van der Waals surface area contributed by atoms with Gasteiger partial charge in [-0.15, -0.1) is 0 Å². The molecule has 2 aromatic heterocycles. The highest BCUT2D eigenvalue weighted by atomic mass is 35.5. The maximum Gasteiger partial charge on any atom is 0.249 e. The van der Waals surface area contributed by atoms with Gasteiger partial charge >= 0.3 is 0 Å². The van der Waals surface area contributed by atoms with Crippen molar-refractivity contribution in [1.82, 2.24) is 19.8 Å². The minimum absolute atomic E-state index is 0.0128. The van der Waals surface area contributed by atoms with E-state index in [1.807, 2.05) is 63.2 Å². The third-order valence-electron chi connectivity index (χ3n) is 6.15. The Morgan fingerprint density at radius 3 is 2.75 bits per heavy atom. The number of likely N-dealkylation sites (N-methyl/N-ethyl adjacent to an activating group) is 2. The second-order valence-corrected chi connectivity index (χ2v) is 8.96. The maximum absolute atomic E-state index is 13.8. The Morgan fingerprint density at radius 1 is 1.28 bits per heavy atom. The van der Waals surface area contributed by atoms with Gasteiger partial charge in [0.05, 0.1) is 17.2 Å². The molecule has 8 heteroatoms. The molecular weight excluding hydrogens is 424 g/mol. The number of hydrogen-bond acceptors (Lipinski definition) is 6. The fourth-order valence-electron chi connectivity index (χ4n) is 4.36. The lowest BCUT2D eigenvalue weighted by molar-refractivity contribution is -0.138. The van der Waals surface area contributed by atoms with Crippen LogP contribution >= 0.6 is 11.6 Å². The number of rotatable bonds is 5. The molecule has 0 radical (unpaired) electrons. The molecule has 1 aliphatic heterocycles. The van der Waals surface area contributed by atoms with Gasteiger partial charge in [0.15, 0.2) is 0 Å². The molecule has 1 amide bonds. The van der Waals surface area contributed by atoms with Crippen molar-refractivity contribution in [3.05, 3.63) is 63.9 Å². The highest BCUT2D eigenvalue weighted by Gasteiger charge is 2.45. The molecule has 3 heterocycles. The molecule has 32 heavy (non-hydrogen) atoms. The summed E-state index contributed by atoms with van der Waals surface area (Å²) in [4.78, 5) is 30.7. The van der Waals surface area contributed by atoms with E-state index in [-0.39, 0.29) is 5.91 Å². The fourth-order valence-corrected chi connectivity index (χ4v) is 4.52. The largest absolute Gasteiger partial charge is 0.384 e. The lowest BCUT2D eigenvalue weighted by Gasteiger charge is -2.36. The minimum atomic E-state index is -0.864. The van der Waals surface area contributed by atoms with Crippen LogP contribution in [-0.2, 0) is 17.8 Å². The van der Waals surface area contributed by atoms with Gasteiger partial charge in [-0.2, -0.15) is 0 Å². The van der Waals surface area contributed by atoms with Gasteiger partial charge in [-0.05, 0) is 61.9 Å². The number of pyridine rings is 2. The molecule has 0 saturated heterocycles. The monoisotopic (exact) mass is 450 g/mol. The first-order valence-corrected chi connectivity index (χ1v) is 10.8. The van der Waals surface area contributed by atoms with E-state index < -0.39 is 5.54 Å². The average Bonchev–Trinajstić information content (AvgIpc) is 3.10. The zero-order valence-electron chi connectivity index (χ0n) is 18.8. The first kappa shape index (κ1) is 22.2. The normalized spacial score (nSPS) is 18.4. The number of halogens is 1. The van der Waals surface area contributed by atoms with E-state index in [0.717, 1.165) is 33.3 Å². The van der Waals surface area contributed by atoms with Crippen molar-refractivity contribution in [2.24, 2.45) is 4.99 Å². The van der Waals surface area contributed by atoms with Gasteiger partial charge in [0, 0.05) is 43.5 Å². The van der Waals surface area contributed by atoms with E-state index in [9.17, 15) is 4.79 Å². The number of anilines is 1. The number of aliphatic imine (C=N–C) groups is 1. The standard InChI is InChI=1S/C24H27ClN6O/c1-15-7-22(26)29-16(2)20(15)12-30(3)23(32)24(13-27-14-31(24)4)10-17-5-6-21-18(8-17)9-19(25)11-28-21/h5-9,11,13H,10,12,14H2,1-4H3,(H2,26,29). The summed E-state index contributed by atoms with van der Waals surface area (Å²) in [5.41, 5.74) is 9.75. The fraction of sp³-hybridized carbons (Fsp3) is 0.333. The van der Waals surface area contributed by atoms with E-state index in [4.69, 9.17) is 17.3 Å². The molecule has 0 fully saturated rings. The van der Waals surface area contributed by atoms with Gasteiger partial charge in [0.2, 0.25) is 5.91 Å². The van der Waals surface area contributed by atoms with Crippen LogP contribution in [-0.4, -0.2) is 58.2 Å². The van der Waals surface area contributed by atoms with E-state index in [2.05, 4.69) is 15.0 Å². The highest BCUT2D eigenvalue weighted by molar-refractivity contribution is 6.31. The predicted octanol–water partition coefficient (Wildman–Crippen LogP) is 3.40. The van der Waals surface area contributed by atoms with Gasteiger partial charge in [0.25, 0.3) is 0 Å². The van der Waals surface area contributed by atoms with Gasteiger partial charge in [-0.3, -0.25) is 19.7 Å². The SMILES string of the molecule is Cc1cc(N)nc(C)c1CN(C)C(=O)C1(Cc2ccc3ncc(Cl)cc3c2)C=NCN1C. The lowest BCUT2D eigenvalue weighted by atomic mass is 9.89. The zero-order chi connectivity index (χ0) is 23.0. The Hall–Kier alpha value is -3.03. The molecule has 1 aromatic carbocycles. The number of fused-ring (bicyclic) bond motifs is 1. The number of amides is 1. The van der Waals surface area contributed by atoms with Crippen LogP contribution < -0.4 is 5.73 Å². The third kappa shape index (κ3) is 4.06. The molecule has 2 N–H and O–H groups in total. The van der Waals surface area contributed by atoms with E-state index in [0.29, 0.717) is 30.5 Å². The topological polar surface area (TPSA) is 87.7 Å². The summed E-state index contributed by atoms with van der Waals surface area (Å²) < 4.78 is 0. The number of carbonyl (C=O) groups excluding carboxylic acids is 1. The predicted molar refractivity (Wildman–Crippen MR) is 129 cm³/mol. The van der Waals surface area contributed by atoms with Crippen LogP contribution in [0, 0.1) is 13.8 Å². The van der Waals surface area contributed by atoms with Crippen LogP contribution in [0.2, 0.25) is 5.02 Å². The molecule has 0 spiro atoms. The quantitative estimate of drug-likeness (QED) is 0.643. The van der Waals surface area contributed by atoms with Gasteiger partial charge in [-0.25, -0.2) is 4.98 Å². The Balaban J connectivity index is 1.65. The Kier molecular flexibility index (Phi) is 5.88. The van der Waals surface area contributed by atoms with Gasteiger partial charge < -0.3 is 10.6 Å². The third-order valence-corrected chi connectivity index (χ3v) is 6.36. The van der Waals surface area contributed by atoms with Gasteiger partial charge in [0.1, 0.15) is 11.4 Å². The lowest BCUT2D eigenvalue weighted by Crippen LogP contribution is -2.57. The van der Waals surface area contributed by atoms with Crippen molar-refractivity contribution < 1.29 is 4.79 Å². The van der Waals surface area contributed by atoms with Crippen LogP contribution in [0.5, 0.6) is 0 Å². The molecule has 166 valence electrons. The van der Waals surface area contributed by atoms with E-state index in [1.165, 1.54) is 0 Å². The number of nitrogen functional groups attached to an aromatic ring is 1. The van der Waals surface area contributed by atoms with Crippen molar-refractivity contribution in [2.45, 2.75) is 32.4 Å². The van der Waals surface area contributed by atoms with Crippen LogP contribution in [0.3, 0.4) is 0 Å². The molecule has 7 nitrogen and oxygen atoms in total. The van der Waals surface area contributed by atoms with Crippen LogP contribution in [0.15, 0.2) is 41.5 Å². The molecule has 0 saturated carbocycles. The second kappa shape index (κ2) is 8.48.